The summed E-state index contributed by atoms with van der Waals surface area (Å²) in [6.07, 6.45) is 0. The quantitative estimate of drug-likeness (QED) is 0.467. The maximum atomic E-state index is 13.4. The summed E-state index contributed by atoms with van der Waals surface area (Å²) in [5.41, 5.74) is 4.35. The van der Waals surface area contributed by atoms with E-state index in [0.29, 0.717) is 21.8 Å². The Bertz CT molecular complexity index is 1290. The van der Waals surface area contributed by atoms with E-state index >= 15 is 0 Å². The van der Waals surface area contributed by atoms with E-state index in [-0.39, 0.29) is 18.0 Å². The number of amides is 1. The number of nitrogens with zero attached hydrogens (tertiary/aromatic N) is 1. The number of rotatable bonds is 4. The highest BCUT2D eigenvalue weighted by molar-refractivity contribution is 6.34. The maximum Gasteiger partial charge on any atom is 0.260 e. The van der Waals surface area contributed by atoms with Crippen molar-refractivity contribution in [1.29, 1.82) is 0 Å². The Morgan fingerprint density at radius 2 is 1.63 bits per heavy atom. The topological polar surface area (TPSA) is 53.2 Å². The Balaban J connectivity index is 1.80. The molecule has 3 aromatic carbocycles. The van der Waals surface area contributed by atoms with Gasteiger partial charge in [0.1, 0.15) is 0 Å². The number of aromatic nitrogens is 1. The van der Waals surface area contributed by atoms with Gasteiger partial charge < -0.3 is 9.88 Å². The number of carbonyl (C=O) groups is 1. The van der Waals surface area contributed by atoms with Crippen molar-refractivity contribution in [1.82, 2.24) is 4.98 Å². The van der Waals surface area contributed by atoms with Crippen LogP contribution in [0.15, 0.2) is 77.6 Å². The van der Waals surface area contributed by atoms with Crippen molar-refractivity contribution in [3.8, 4) is 0 Å². The van der Waals surface area contributed by atoms with Gasteiger partial charge in [-0.2, -0.15) is 0 Å². The lowest BCUT2D eigenvalue weighted by molar-refractivity contribution is 0.0985. The van der Waals surface area contributed by atoms with Crippen LogP contribution in [0.5, 0.6) is 0 Å². The summed E-state index contributed by atoms with van der Waals surface area (Å²) in [4.78, 5) is 30.7. The molecule has 0 saturated heterocycles. The molecule has 0 unspecified atom stereocenters. The number of aryl methyl sites for hydroxylation is 2. The van der Waals surface area contributed by atoms with Crippen LogP contribution in [0.3, 0.4) is 0 Å². The number of carbonyl (C=O) groups excluding carboxylic acids is 1. The molecule has 0 aliphatic carbocycles. The highest BCUT2D eigenvalue weighted by Crippen LogP contribution is 2.24. The van der Waals surface area contributed by atoms with Crippen molar-refractivity contribution in [2.24, 2.45) is 0 Å². The zero-order valence-electron chi connectivity index (χ0n) is 16.8. The molecular weight excluding hydrogens is 396 g/mol. The average molecular weight is 417 g/mol. The van der Waals surface area contributed by atoms with E-state index in [9.17, 15) is 9.59 Å². The van der Waals surface area contributed by atoms with Crippen LogP contribution in [0.1, 0.15) is 27.0 Å². The molecule has 30 heavy (non-hydrogen) atoms. The number of hydrogen-bond acceptors (Lipinski definition) is 2. The van der Waals surface area contributed by atoms with E-state index in [1.807, 2.05) is 62.4 Å². The van der Waals surface area contributed by atoms with E-state index < -0.39 is 0 Å². The van der Waals surface area contributed by atoms with E-state index in [1.54, 1.807) is 29.2 Å². The zero-order valence-corrected chi connectivity index (χ0v) is 17.5. The number of halogens is 1. The van der Waals surface area contributed by atoms with Gasteiger partial charge in [0.15, 0.2) is 0 Å². The predicted molar refractivity (Wildman–Crippen MR) is 122 cm³/mol. The lowest BCUT2D eigenvalue weighted by atomic mass is 10.1. The summed E-state index contributed by atoms with van der Waals surface area (Å²) in [5.74, 6) is -0.256. The molecule has 0 fully saturated rings. The smallest absolute Gasteiger partial charge is 0.260 e. The van der Waals surface area contributed by atoms with E-state index in [4.69, 9.17) is 11.6 Å². The molecule has 4 rings (SSSR count). The molecule has 0 atom stereocenters. The number of pyridine rings is 1. The van der Waals surface area contributed by atoms with E-state index in [2.05, 4.69) is 4.98 Å². The van der Waals surface area contributed by atoms with Crippen molar-refractivity contribution in [3.63, 3.8) is 0 Å². The van der Waals surface area contributed by atoms with Crippen LogP contribution in [0, 0.1) is 13.8 Å². The van der Waals surface area contributed by atoms with Crippen LogP contribution < -0.4 is 10.5 Å². The summed E-state index contributed by atoms with van der Waals surface area (Å²) >= 11 is 6.29. The predicted octanol–water partition coefficient (Wildman–Crippen LogP) is 5.65. The van der Waals surface area contributed by atoms with Crippen molar-refractivity contribution < 1.29 is 4.79 Å². The average Bonchev–Trinajstić information content (AvgIpc) is 2.73. The molecule has 150 valence electrons. The van der Waals surface area contributed by atoms with Gasteiger partial charge in [-0.15, -0.1) is 0 Å². The van der Waals surface area contributed by atoms with E-state index in [0.717, 1.165) is 22.0 Å². The second kappa shape index (κ2) is 8.17. The Morgan fingerprint density at radius 1 is 0.933 bits per heavy atom. The molecule has 0 spiro atoms. The molecule has 1 aromatic heterocycles. The number of H-pyrrole nitrogens is 1. The van der Waals surface area contributed by atoms with Gasteiger partial charge >= 0.3 is 0 Å². The van der Waals surface area contributed by atoms with Crippen LogP contribution >= 0.6 is 11.6 Å². The third kappa shape index (κ3) is 4.00. The second-order valence-electron chi connectivity index (χ2n) is 7.42. The Kier molecular flexibility index (Phi) is 5.42. The molecule has 0 saturated carbocycles. The van der Waals surface area contributed by atoms with Crippen LogP contribution in [0.2, 0.25) is 5.02 Å². The number of aromatic amines is 1. The standard InChI is InChI=1S/C25H21ClN2O2/c1-16-7-10-20(11-8-16)28(25(30)21-5-3-4-6-22(21)26)15-19-14-18-13-17(2)9-12-23(18)27-24(19)29/h3-14H,15H2,1-2H3,(H,27,29). The highest BCUT2D eigenvalue weighted by atomic mass is 35.5. The molecule has 0 radical (unpaired) electrons. The third-order valence-corrected chi connectivity index (χ3v) is 5.43. The minimum atomic E-state index is -0.256. The fourth-order valence-corrected chi connectivity index (χ4v) is 3.66. The SMILES string of the molecule is Cc1ccc(N(Cc2cc3cc(C)ccc3[nH]c2=O)C(=O)c2ccccc2Cl)cc1. The second-order valence-corrected chi connectivity index (χ2v) is 7.83. The fraction of sp³-hybridized carbons (Fsp3) is 0.120. The fourth-order valence-electron chi connectivity index (χ4n) is 3.44. The van der Waals surface area contributed by atoms with Gasteiger partial charge in [0.25, 0.3) is 11.5 Å². The van der Waals surface area contributed by atoms with Gasteiger partial charge in [-0.25, -0.2) is 0 Å². The molecule has 0 bridgehead atoms. The summed E-state index contributed by atoms with van der Waals surface area (Å²) in [6, 6.07) is 22.3. The molecule has 5 heteroatoms. The van der Waals surface area contributed by atoms with Gasteiger partial charge in [0.2, 0.25) is 0 Å². The first kappa shape index (κ1) is 19.9. The summed E-state index contributed by atoms with van der Waals surface area (Å²) in [6.45, 7) is 4.12. The number of nitrogens with one attached hydrogen (secondary N) is 1. The summed E-state index contributed by atoms with van der Waals surface area (Å²) in [5, 5.41) is 1.31. The van der Waals surface area contributed by atoms with Crippen LogP contribution in [0.4, 0.5) is 5.69 Å². The Hall–Kier alpha value is -3.37. The van der Waals surface area contributed by atoms with Crippen molar-refractivity contribution >= 4 is 34.1 Å². The number of benzene rings is 3. The van der Waals surface area contributed by atoms with Crippen molar-refractivity contribution in [2.75, 3.05) is 4.90 Å². The maximum absolute atomic E-state index is 13.4. The molecule has 0 aliphatic heterocycles. The molecule has 1 N–H and O–H groups in total. The summed E-state index contributed by atoms with van der Waals surface area (Å²) < 4.78 is 0. The molecule has 4 aromatic rings. The normalized spacial score (nSPS) is 10.9. The van der Waals surface area contributed by atoms with Crippen molar-refractivity contribution in [3.05, 3.63) is 110 Å². The van der Waals surface area contributed by atoms with Gasteiger partial charge in [0.05, 0.1) is 17.1 Å². The molecule has 1 amide bonds. The minimum Gasteiger partial charge on any atom is -0.322 e. The summed E-state index contributed by atoms with van der Waals surface area (Å²) in [7, 11) is 0. The molecular formula is C25H21ClN2O2. The Labute approximate surface area is 179 Å². The number of fused-ring (bicyclic) bond motifs is 1. The van der Waals surface area contributed by atoms with Gasteiger partial charge in [0, 0.05) is 16.8 Å². The molecule has 4 nitrogen and oxygen atoms in total. The van der Waals surface area contributed by atoms with Gasteiger partial charge in [-0.05, 0) is 61.7 Å². The molecule has 0 aliphatic rings. The first-order valence-electron chi connectivity index (χ1n) is 9.68. The van der Waals surface area contributed by atoms with Crippen LogP contribution in [0.25, 0.3) is 10.9 Å². The first-order chi connectivity index (χ1) is 14.4. The van der Waals surface area contributed by atoms with Gasteiger partial charge in [-0.1, -0.05) is 53.1 Å². The third-order valence-electron chi connectivity index (χ3n) is 5.10. The minimum absolute atomic E-state index is 0.131. The van der Waals surface area contributed by atoms with Crippen molar-refractivity contribution in [2.45, 2.75) is 20.4 Å². The van der Waals surface area contributed by atoms with Crippen LogP contribution in [-0.2, 0) is 6.54 Å². The monoisotopic (exact) mass is 416 g/mol. The number of anilines is 1. The van der Waals surface area contributed by atoms with E-state index in [1.165, 1.54) is 0 Å². The zero-order chi connectivity index (χ0) is 21.3. The Morgan fingerprint density at radius 3 is 2.37 bits per heavy atom. The number of hydrogen-bond donors (Lipinski definition) is 1. The largest absolute Gasteiger partial charge is 0.322 e. The first-order valence-corrected chi connectivity index (χ1v) is 10.1. The lowest BCUT2D eigenvalue weighted by Crippen LogP contribution is -2.33. The molecule has 1 heterocycles. The van der Waals surface area contributed by atoms with Gasteiger partial charge in [-0.3, -0.25) is 9.59 Å². The van der Waals surface area contributed by atoms with Crippen LogP contribution in [-0.4, -0.2) is 10.9 Å². The highest BCUT2D eigenvalue weighted by Gasteiger charge is 2.21. The lowest BCUT2D eigenvalue weighted by Gasteiger charge is -2.23.